The van der Waals surface area contributed by atoms with Crippen LogP contribution in [-0.2, 0) is 14.3 Å². The molecule has 1 aromatic rings. The van der Waals surface area contributed by atoms with Crippen molar-refractivity contribution >= 4 is 11.6 Å². The summed E-state index contributed by atoms with van der Waals surface area (Å²) in [5.41, 5.74) is 2.52. The smallest absolute Gasteiger partial charge is 0.250 e. The SMILES string of the molecule is COCCOCC(=O)Nc1ccc(C#CCCO)cc1C. The minimum absolute atomic E-state index is 0.000850. The number of rotatable bonds is 7. The predicted molar refractivity (Wildman–Crippen MR) is 81.1 cm³/mol. The number of methoxy groups -OCH3 is 1. The van der Waals surface area contributed by atoms with Crippen molar-refractivity contribution in [3.8, 4) is 11.8 Å². The van der Waals surface area contributed by atoms with Gasteiger partial charge in [-0.25, -0.2) is 0 Å². The van der Waals surface area contributed by atoms with Gasteiger partial charge in [-0.2, -0.15) is 0 Å². The summed E-state index contributed by atoms with van der Waals surface area (Å²) in [6, 6.07) is 5.54. The summed E-state index contributed by atoms with van der Waals surface area (Å²) in [7, 11) is 1.58. The zero-order valence-electron chi connectivity index (χ0n) is 12.4. The van der Waals surface area contributed by atoms with E-state index in [1.165, 1.54) is 0 Å². The minimum Gasteiger partial charge on any atom is -0.395 e. The molecule has 0 aliphatic carbocycles. The van der Waals surface area contributed by atoms with E-state index in [0.717, 1.165) is 16.8 Å². The van der Waals surface area contributed by atoms with Crippen molar-refractivity contribution < 1.29 is 19.4 Å². The highest BCUT2D eigenvalue weighted by atomic mass is 16.5. The van der Waals surface area contributed by atoms with Gasteiger partial charge < -0.3 is 19.9 Å². The van der Waals surface area contributed by atoms with Crippen LogP contribution in [0.25, 0.3) is 0 Å². The first kappa shape index (κ1) is 17.2. The Kier molecular flexibility index (Phi) is 8.14. The number of carbonyl (C=O) groups excluding carboxylic acids is 1. The van der Waals surface area contributed by atoms with Crippen LogP contribution in [0, 0.1) is 18.8 Å². The predicted octanol–water partition coefficient (Wildman–Crippen LogP) is 1.33. The van der Waals surface area contributed by atoms with Crippen molar-refractivity contribution in [2.24, 2.45) is 0 Å². The second kappa shape index (κ2) is 9.94. The molecule has 1 amide bonds. The third-order valence-corrected chi connectivity index (χ3v) is 2.63. The summed E-state index contributed by atoms with van der Waals surface area (Å²) in [4.78, 5) is 11.7. The highest BCUT2D eigenvalue weighted by Gasteiger charge is 2.05. The monoisotopic (exact) mass is 291 g/mol. The number of carbonyl (C=O) groups is 1. The quantitative estimate of drug-likeness (QED) is 0.587. The van der Waals surface area contributed by atoms with E-state index in [1.807, 2.05) is 25.1 Å². The first-order valence-corrected chi connectivity index (χ1v) is 6.74. The van der Waals surface area contributed by atoms with Crippen LogP contribution in [0.4, 0.5) is 5.69 Å². The Morgan fingerprint density at radius 2 is 2.19 bits per heavy atom. The number of ether oxygens (including phenoxy) is 2. The lowest BCUT2D eigenvalue weighted by Gasteiger charge is -2.09. The number of amides is 1. The molecule has 1 aromatic carbocycles. The molecule has 0 aliphatic rings. The van der Waals surface area contributed by atoms with Gasteiger partial charge in [0.15, 0.2) is 0 Å². The number of hydrogen-bond acceptors (Lipinski definition) is 4. The maximum absolute atomic E-state index is 11.7. The molecule has 114 valence electrons. The lowest BCUT2D eigenvalue weighted by molar-refractivity contribution is -0.121. The summed E-state index contributed by atoms with van der Waals surface area (Å²) in [5.74, 6) is 5.61. The van der Waals surface area contributed by atoms with Gasteiger partial charge in [0.2, 0.25) is 5.91 Å². The highest BCUT2D eigenvalue weighted by molar-refractivity contribution is 5.92. The van der Waals surface area contributed by atoms with Crippen LogP contribution < -0.4 is 5.32 Å². The van der Waals surface area contributed by atoms with Gasteiger partial charge in [0.1, 0.15) is 6.61 Å². The Morgan fingerprint density at radius 1 is 1.38 bits per heavy atom. The number of aliphatic hydroxyl groups is 1. The molecular formula is C16H21NO4. The van der Waals surface area contributed by atoms with Crippen molar-refractivity contribution in [1.29, 1.82) is 0 Å². The van der Waals surface area contributed by atoms with Gasteiger partial charge in [-0.15, -0.1) is 0 Å². The van der Waals surface area contributed by atoms with Crippen LogP contribution >= 0.6 is 0 Å². The molecular weight excluding hydrogens is 270 g/mol. The van der Waals surface area contributed by atoms with Gasteiger partial charge in [-0.1, -0.05) is 11.8 Å². The van der Waals surface area contributed by atoms with Crippen molar-refractivity contribution in [3.63, 3.8) is 0 Å². The van der Waals surface area contributed by atoms with Gasteiger partial charge in [0.25, 0.3) is 0 Å². The van der Waals surface area contributed by atoms with Gasteiger partial charge in [-0.3, -0.25) is 4.79 Å². The van der Waals surface area contributed by atoms with Crippen LogP contribution in [0.1, 0.15) is 17.5 Å². The number of anilines is 1. The molecule has 5 heteroatoms. The summed E-state index contributed by atoms with van der Waals surface area (Å²) in [6.45, 7) is 2.82. The topological polar surface area (TPSA) is 67.8 Å². The fourth-order valence-corrected chi connectivity index (χ4v) is 1.60. The molecule has 0 saturated heterocycles. The van der Waals surface area contributed by atoms with E-state index in [1.54, 1.807) is 7.11 Å². The van der Waals surface area contributed by atoms with Crippen molar-refractivity contribution in [2.45, 2.75) is 13.3 Å². The molecule has 21 heavy (non-hydrogen) atoms. The average molecular weight is 291 g/mol. The maximum Gasteiger partial charge on any atom is 0.250 e. The Morgan fingerprint density at radius 3 is 2.86 bits per heavy atom. The molecule has 0 saturated carbocycles. The first-order valence-electron chi connectivity index (χ1n) is 6.74. The molecule has 0 aliphatic heterocycles. The summed E-state index contributed by atoms with van der Waals surface area (Å²) in [5, 5.41) is 11.5. The standard InChI is InChI=1S/C16H21NO4/c1-13-11-14(5-3-4-8-18)6-7-15(13)17-16(19)12-21-10-9-20-2/h6-7,11,18H,4,8-10,12H2,1-2H3,(H,17,19). The molecule has 0 heterocycles. The molecule has 0 spiro atoms. The molecule has 5 nitrogen and oxygen atoms in total. The van der Waals surface area contributed by atoms with Gasteiger partial charge in [-0.05, 0) is 30.7 Å². The molecule has 2 N–H and O–H groups in total. The normalized spacial score (nSPS) is 9.86. The number of aryl methyl sites for hydroxylation is 1. The number of nitrogens with one attached hydrogen (secondary N) is 1. The van der Waals surface area contributed by atoms with E-state index >= 15 is 0 Å². The van der Waals surface area contributed by atoms with Crippen LogP contribution in [-0.4, -0.2) is 44.6 Å². The Bertz CT molecular complexity index is 517. The van der Waals surface area contributed by atoms with E-state index in [4.69, 9.17) is 14.6 Å². The Labute approximate surface area is 125 Å². The fraction of sp³-hybridized carbons (Fsp3) is 0.438. The summed E-state index contributed by atoms with van der Waals surface area (Å²) in [6.07, 6.45) is 0.455. The van der Waals surface area contributed by atoms with Crippen LogP contribution in [0.3, 0.4) is 0 Å². The Hall–Kier alpha value is -1.87. The largest absolute Gasteiger partial charge is 0.395 e. The van der Waals surface area contributed by atoms with Crippen molar-refractivity contribution in [2.75, 3.05) is 38.9 Å². The number of hydrogen-bond donors (Lipinski definition) is 2. The van der Waals surface area contributed by atoms with E-state index < -0.39 is 0 Å². The lowest BCUT2D eigenvalue weighted by Crippen LogP contribution is -2.20. The molecule has 0 fully saturated rings. The van der Waals surface area contributed by atoms with Gasteiger partial charge >= 0.3 is 0 Å². The van der Waals surface area contributed by atoms with E-state index in [9.17, 15) is 4.79 Å². The highest BCUT2D eigenvalue weighted by Crippen LogP contribution is 2.16. The molecule has 0 radical (unpaired) electrons. The zero-order valence-corrected chi connectivity index (χ0v) is 12.4. The second-order valence-corrected chi connectivity index (χ2v) is 4.40. The second-order valence-electron chi connectivity index (χ2n) is 4.40. The number of aliphatic hydroxyl groups excluding tert-OH is 1. The molecule has 0 atom stereocenters. The van der Waals surface area contributed by atoms with Crippen molar-refractivity contribution in [3.05, 3.63) is 29.3 Å². The third-order valence-electron chi connectivity index (χ3n) is 2.63. The van der Waals surface area contributed by atoms with Crippen LogP contribution in [0.2, 0.25) is 0 Å². The summed E-state index contributed by atoms with van der Waals surface area (Å²) < 4.78 is 9.98. The van der Waals surface area contributed by atoms with E-state index in [2.05, 4.69) is 17.2 Å². The molecule has 0 bridgehead atoms. The zero-order chi connectivity index (χ0) is 15.5. The lowest BCUT2D eigenvalue weighted by atomic mass is 10.1. The molecule has 0 unspecified atom stereocenters. The summed E-state index contributed by atoms with van der Waals surface area (Å²) >= 11 is 0. The number of benzene rings is 1. The maximum atomic E-state index is 11.7. The minimum atomic E-state index is -0.201. The molecule has 0 aromatic heterocycles. The third kappa shape index (κ3) is 6.91. The van der Waals surface area contributed by atoms with Gasteiger partial charge in [0.05, 0.1) is 19.8 Å². The van der Waals surface area contributed by atoms with Crippen LogP contribution in [0.5, 0.6) is 0 Å². The first-order chi connectivity index (χ1) is 10.2. The average Bonchev–Trinajstić information content (AvgIpc) is 2.47. The van der Waals surface area contributed by atoms with Crippen LogP contribution in [0.15, 0.2) is 18.2 Å². The van der Waals surface area contributed by atoms with E-state index in [0.29, 0.717) is 19.6 Å². The molecule has 1 rings (SSSR count). The fourth-order valence-electron chi connectivity index (χ4n) is 1.60. The van der Waals surface area contributed by atoms with E-state index in [-0.39, 0.29) is 19.1 Å². The van der Waals surface area contributed by atoms with Gasteiger partial charge in [0, 0.05) is 24.8 Å². The van der Waals surface area contributed by atoms with Crippen molar-refractivity contribution in [1.82, 2.24) is 0 Å². The Balaban J connectivity index is 2.52.